The summed E-state index contributed by atoms with van der Waals surface area (Å²) in [5.41, 5.74) is 0.299. The number of rotatable bonds is 6. The van der Waals surface area contributed by atoms with E-state index in [1.165, 1.54) is 6.92 Å². The van der Waals surface area contributed by atoms with Gasteiger partial charge in [0, 0.05) is 0 Å². The summed E-state index contributed by atoms with van der Waals surface area (Å²) in [7, 11) is 0. The molecule has 28 heavy (non-hydrogen) atoms. The Bertz CT molecular complexity index is 816. The molecule has 148 valence electrons. The summed E-state index contributed by atoms with van der Waals surface area (Å²) in [6.07, 6.45) is -4.45. The van der Waals surface area contributed by atoms with Crippen molar-refractivity contribution >= 4 is 36.2 Å². The van der Waals surface area contributed by atoms with Gasteiger partial charge in [-0.1, -0.05) is 0 Å². The van der Waals surface area contributed by atoms with Gasteiger partial charge in [0.2, 0.25) is 0 Å². The average molecular weight is 586 g/mol. The summed E-state index contributed by atoms with van der Waals surface area (Å²) in [5.74, 6) is -4.01. The molecule has 1 aliphatic rings. The van der Waals surface area contributed by atoms with Crippen LogP contribution >= 0.6 is 0 Å². The molecular formula is C20H19BiF2O5. The second-order valence-electron chi connectivity index (χ2n) is 6.27. The van der Waals surface area contributed by atoms with Gasteiger partial charge in [0.1, 0.15) is 0 Å². The van der Waals surface area contributed by atoms with Crippen molar-refractivity contribution in [2.75, 3.05) is 6.61 Å². The first kappa shape index (κ1) is 20.8. The summed E-state index contributed by atoms with van der Waals surface area (Å²) in [6, 6.07) is 17.2. The van der Waals surface area contributed by atoms with E-state index in [1.807, 2.05) is 6.07 Å². The fraction of sp³-hybridized carbons (Fsp3) is 0.300. The Hall–Kier alpha value is -1.92. The standard InChI is InChI=1S/C14H13F2O5.C6H5.Bi.H/c1-9-14(15,16)12(20-8-17)11(21-9)7-19-13(18)10-5-3-2-4-6-10;1-2-4-6-5-3-1;;/h2-6,9,11-12H,7H2,1H3;1-5H;;/t9-,11-,12+;;;/m1.../s1. The molecule has 0 saturated carbocycles. The summed E-state index contributed by atoms with van der Waals surface area (Å²) in [4.78, 5) is 24.3. The first-order valence-corrected chi connectivity index (χ1v) is 12.5. The average Bonchev–Trinajstić information content (AvgIpc) is 2.90. The van der Waals surface area contributed by atoms with E-state index in [4.69, 9.17) is 14.2 Å². The fourth-order valence-electron chi connectivity index (χ4n) is 2.78. The number of hydrogen-bond donors (Lipinski definition) is 0. The van der Waals surface area contributed by atoms with Crippen LogP contribution in [0.5, 0.6) is 0 Å². The third-order valence-electron chi connectivity index (χ3n) is 4.28. The van der Waals surface area contributed by atoms with Crippen LogP contribution in [-0.4, -0.2) is 63.7 Å². The molecule has 0 bridgehead atoms. The maximum absolute atomic E-state index is 14.5. The Balaban J connectivity index is 1.64. The molecule has 2 aromatic rings. The molecule has 1 fully saturated rings. The molecular weight excluding hydrogens is 567 g/mol. The van der Waals surface area contributed by atoms with Crippen LogP contribution in [-0.2, 0) is 14.2 Å². The summed E-state index contributed by atoms with van der Waals surface area (Å²) in [6.45, 7) is 0.782. The molecule has 1 heterocycles. The van der Waals surface area contributed by atoms with Gasteiger partial charge in [-0.15, -0.1) is 0 Å². The number of esters is 1. The topological polar surface area (TPSA) is 61.8 Å². The first-order valence-electron chi connectivity index (χ1n) is 8.66. The third-order valence-corrected chi connectivity index (χ3v) is 7.95. The number of halogens is 2. The molecule has 0 aliphatic carbocycles. The van der Waals surface area contributed by atoms with E-state index < -0.39 is 63.7 Å². The van der Waals surface area contributed by atoms with Crippen LogP contribution < -0.4 is 3.27 Å². The van der Waals surface area contributed by atoms with Gasteiger partial charge in [-0.3, -0.25) is 0 Å². The summed E-state index contributed by atoms with van der Waals surface area (Å²) < 4.78 is 44.7. The monoisotopic (exact) mass is 586 g/mol. The predicted molar refractivity (Wildman–Crippen MR) is 99.5 cm³/mol. The van der Waals surface area contributed by atoms with E-state index in [-0.39, 0.29) is 0 Å². The fourth-order valence-corrected chi connectivity index (χ4v) is 5.82. The molecule has 3 atom stereocenters. The number of alkyl halides is 2. The first-order chi connectivity index (χ1) is 13.4. The van der Waals surface area contributed by atoms with Crippen molar-refractivity contribution in [1.29, 1.82) is 0 Å². The molecule has 3 rings (SSSR count). The molecule has 8 heteroatoms. The second kappa shape index (κ2) is 9.05. The third kappa shape index (κ3) is 4.92. The molecule has 0 aromatic heterocycles. The predicted octanol–water partition coefficient (Wildman–Crippen LogP) is 2.53. The second-order valence-corrected chi connectivity index (χ2v) is 11.1. The zero-order valence-corrected chi connectivity index (χ0v) is 18.9. The van der Waals surface area contributed by atoms with Crippen molar-refractivity contribution in [3.05, 3.63) is 66.2 Å². The number of ether oxygens (including phenoxy) is 3. The Kier molecular flexibility index (Phi) is 6.73. The molecule has 0 spiro atoms. The Labute approximate surface area is 172 Å². The zero-order chi connectivity index (χ0) is 20.1. The number of benzene rings is 2. The van der Waals surface area contributed by atoms with Crippen molar-refractivity contribution in [3.8, 4) is 0 Å². The van der Waals surface area contributed by atoms with Gasteiger partial charge in [-0.05, 0) is 0 Å². The van der Waals surface area contributed by atoms with Crippen LogP contribution in [0.25, 0.3) is 0 Å². The van der Waals surface area contributed by atoms with Crippen LogP contribution in [0.1, 0.15) is 17.3 Å². The van der Waals surface area contributed by atoms with E-state index in [9.17, 15) is 18.4 Å². The SMILES string of the molecule is C[C@H]1O[C@H](COC(=O)c2ccccc2)[C@H](O[C](=O)[BiH][c]2ccccc2)C1(F)F. The normalized spacial score (nSPS) is 23.2. The van der Waals surface area contributed by atoms with Crippen molar-refractivity contribution in [2.24, 2.45) is 0 Å². The summed E-state index contributed by atoms with van der Waals surface area (Å²) in [5, 5.41) is 0. The Morgan fingerprint density at radius 1 is 1.07 bits per heavy atom. The van der Waals surface area contributed by atoms with Gasteiger partial charge < -0.3 is 0 Å². The van der Waals surface area contributed by atoms with Crippen LogP contribution in [0, 0.1) is 0 Å². The van der Waals surface area contributed by atoms with Gasteiger partial charge in [0.05, 0.1) is 0 Å². The Morgan fingerprint density at radius 2 is 1.68 bits per heavy atom. The minimum absolute atomic E-state index is 0.299. The van der Waals surface area contributed by atoms with Crippen LogP contribution in [0.3, 0.4) is 0 Å². The molecule has 5 nitrogen and oxygen atoms in total. The van der Waals surface area contributed by atoms with Gasteiger partial charge >= 0.3 is 173 Å². The molecule has 2 aromatic carbocycles. The van der Waals surface area contributed by atoms with Crippen LogP contribution in [0.2, 0.25) is 0 Å². The van der Waals surface area contributed by atoms with E-state index in [0.717, 1.165) is 3.27 Å². The minimum atomic E-state index is -3.36. The van der Waals surface area contributed by atoms with Crippen molar-refractivity contribution in [3.63, 3.8) is 0 Å². The molecule has 1 aliphatic heterocycles. The molecule has 0 amide bonds. The summed E-state index contributed by atoms with van der Waals surface area (Å²) >= 11 is -2.10. The van der Waals surface area contributed by atoms with E-state index in [1.54, 1.807) is 54.6 Å². The van der Waals surface area contributed by atoms with Gasteiger partial charge in [0.25, 0.3) is 0 Å². The molecule has 0 radical (unpaired) electrons. The van der Waals surface area contributed by atoms with E-state index in [2.05, 4.69) is 0 Å². The quantitative estimate of drug-likeness (QED) is 0.385. The van der Waals surface area contributed by atoms with Gasteiger partial charge in [-0.2, -0.15) is 0 Å². The number of carbonyl (C=O) groups is 2. The molecule has 1 saturated heterocycles. The Morgan fingerprint density at radius 3 is 2.32 bits per heavy atom. The molecule has 0 unspecified atom stereocenters. The number of carbonyl (C=O) groups excluding carboxylic acids is 2. The van der Waals surface area contributed by atoms with Crippen LogP contribution in [0.15, 0.2) is 60.7 Å². The van der Waals surface area contributed by atoms with E-state index in [0.29, 0.717) is 5.56 Å². The van der Waals surface area contributed by atoms with E-state index >= 15 is 0 Å². The van der Waals surface area contributed by atoms with Crippen LogP contribution in [0.4, 0.5) is 13.6 Å². The van der Waals surface area contributed by atoms with Crippen molar-refractivity contribution < 1.29 is 32.6 Å². The number of hydrogen-bond acceptors (Lipinski definition) is 5. The molecule has 0 N–H and O–H groups in total. The van der Waals surface area contributed by atoms with Gasteiger partial charge in [-0.25, -0.2) is 0 Å². The zero-order valence-electron chi connectivity index (χ0n) is 15.0. The van der Waals surface area contributed by atoms with Gasteiger partial charge in [0.15, 0.2) is 0 Å². The van der Waals surface area contributed by atoms with Crippen molar-refractivity contribution in [2.45, 2.75) is 31.2 Å². The maximum atomic E-state index is 14.5. The van der Waals surface area contributed by atoms with Crippen molar-refractivity contribution in [1.82, 2.24) is 0 Å².